The largest absolute Gasteiger partial charge is 0.494 e. The van der Waals surface area contributed by atoms with Crippen LogP contribution < -0.4 is 15.0 Å². The van der Waals surface area contributed by atoms with E-state index in [0.717, 1.165) is 0 Å². The molecule has 2 amide bonds. The van der Waals surface area contributed by atoms with Crippen LogP contribution >= 0.6 is 12.2 Å². The lowest BCUT2D eigenvalue weighted by molar-refractivity contribution is -0.124. The van der Waals surface area contributed by atoms with Crippen LogP contribution in [0.1, 0.15) is 27.2 Å². The topological polar surface area (TPSA) is 61.9 Å². The van der Waals surface area contributed by atoms with Gasteiger partial charge in [0.1, 0.15) is 17.6 Å². The van der Waals surface area contributed by atoms with Crippen molar-refractivity contribution in [2.75, 3.05) is 16.8 Å². The van der Waals surface area contributed by atoms with Crippen LogP contribution in [-0.2, 0) is 9.59 Å². The van der Waals surface area contributed by atoms with Crippen molar-refractivity contribution in [2.45, 2.75) is 39.3 Å². The number of nitrogens with zero attached hydrogens (tertiary/aromatic N) is 2. The molecule has 1 aliphatic heterocycles. The van der Waals surface area contributed by atoms with E-state index in [4.69, 9.17) is 17.0 Å². The summed E-state index contributed by atoms with van der Waals surface area (Å²) in [5.41, 5.74) is 1.09. The Labute approximate surface area is 180 Å². The molecular formula is C22H24FN3O3S. The maximum atomic E-state index is 13.3. The molecule has 0 spiro atoms. The van der Waals surface area contributed by atoms with Crippen molar-refractivity contribution in [3.63, 3.8) is 0 Å². The first-order valence-corrected chi connectivity index (χ1v) is 10.2. The van der Waals surface area contributed by atoms with Gasteiger partial charge in [-0.2, -0.15) is 0 Å². The number of anilines is 2. The Morgan fingerprint density at radius 1 is 1.17 bits per heavy atom. The van der Waals surface area contributed by atoms with Gasteiger partial charge in [0.25, 0.3) is 5.91 Å². The van der Waals surface area contributed by atoms with Gasteiger partial charge in [0.15, 0.2) is 5.11 Å². The average Bonchev–Trinajstić information content (AvgIpc) is 2.94. The molecule has 30 heavy (non-hydrogen) atoms. The minimum atomic E-state index is -0.731. The third-order valence-electron chi connectivity index (χ3n) is 4.72. The molecule has 1 unspecified atom stereocenters. The third kappa shape index (κ3) is 4.59. The lowest BCUT2D eigenvalue weighted by Crippen LogP contribution is -2.42. The molecule has 0 bridgehead atoms. The molecule has 1 saturated heterocycles. The molecule has 0 saturated carbocycles. The Balaban J connectivity index is 1.75. The fourth-order valence-electron chi connectivity index (χ4n) is 3.39. The molecule has 2 aromatic rings. The zero-order valence-electron chi connectivity index (χ0n) is 17.1. The van der Waals surface area contributed by atoms with Gasteiger partial charge < -0.3 is 15.0 Å². The number of halogens is 1. The number of hydrogen-bond donors (Lipinski definition) is 1. The zero-order chi connectivity index (χ0) is 21.8. The van der Waals surface area contributed by atoms with Crippen molar-refractivity contribution >= 4 is 40.5 Å². The summed E-state index contributed by atoms with van der Waals surface area (Å²) in [6.45, 7) is 6.27. The van der Waals surface area contributed by atoms with Crippen LogP contribution in [0.15, 0.2) is 48.5 Å². The number of carbonyl (C=O) groups excluding carboxylic acids is 2. The molecule has 1 N–H and O–H groups in total. The summed E-state index contributed by atoms with van der Waals surface area (Å²) in [4.78, 5) is 28.9. The Kier molecular flexibility index (Phi) is 6.66. The summed E-state index contributed by atoms with van der Waals surface area (Å²) in [6, 6.07) is 11.8. The first-order chi connectivity index (χ1) is 14.3. The molecule has 158 valence electrons. The van der Waals surface area contributed by atoms with Gasteiger partial charge in [0, 0.05) is 11.7 Å². The second kappa shape index (κ2) is 9.21. The van der Waals surface area contributed by atoms with E-state index in [2.05, 4.69) is 5.32 Å². The fraction of sp³-hybridized carbons (Fsp3) is 0.318. The van der Waals surface area contributed by atoms with E-state index < -0.39 is 11.9 Å². The van der Waals surface area contributed by atoms with E-state index in [1.807, 2.05) is 20.8 Å². The maximum Gasteiger partial charge on any atom is 0.256 e. The highest BCUT2D eigenvalue weighted by atomic mass is 32.1. The van der Waals surface area contributed by atoms with Crippen molar-refractivity contribution in [1.82, 2.24) is 4.90 Å². The molecule has 1 aliphatic rings. The first kappa shape index (κ1) is 21.7. The van der Waals surface area contributed by atoms with Crippen LogP contribution in [0.5, 0.6) is 5.75 Å². The molecule has 0 radical (unpaired) electrons. The molecule has 8 heteroatoms. The van der Waals surface area contributed by atoms with E-state index in [-0.39, 0.29) is 24.3 Å². The van der Waals surface area contributed by atoms with Crippen molar-refractivity contribution in [3.05, 3.63) is 54.3 Å². The number of nitrogens with one attached hydrogen (secondary N) is 1. The molecule has 1 fully saturated rings. The number of amides is 2. The summed E-state index contributed by atoms with van der Waals surface area (Å²) >= 11 is 5.52. The molecular weight excluding hydrogens is 405 g/mol. The SMILES string of the molecule is CCOc1ccc(NC(=O)CC2C(=O)N(c3ccc(F)cc3)C(=S)N2C(C)C)cc1. The molecule has 0 aromatic heterocycles. The standard InChI is InChI=1S/C22H24FN3O3S/c1-4-29-18-11-7-16(8-12-18)24-20(27)13-19-21(28)26(22(30)25(19)14(2)3)17-9-5-15(23)6-10-17/h5-12,14,19H,4,13H2,1-3H3,(H,24,27). The highest BCUT2D eigenvalue weighted by Gasteiger charge is 2.45. The highest BCUT2D eigenvalue weighted by Crippen LogP contribution is 2.29. The number of rotatable bonds is 7. The predicted octanol–water partition coefficient (Wildman–Crippen LogP) is 3.96. The maximum absolute atomic E-state index is 13.3. The number of benzene rings is 2. The Hall–Kier alpha value is -3.00. The van der Waals surface area contributed by atoms with Gasteiger partial charge in [-0.1, -0.05) is 0 Å². The lowest BCUT2D eigenvalue weighted by atomic mass is 10.1. The number of ether oxygens (including phenoxy) is 1. The normalized spacial score (nSPS) is 16.4. The summed E-state index contributed by atoms with van der Waals surface area (Å²) in [5.74, 6) is -0.287. The number of hydrogen-bond acceptors (Lipinski definition) is 4. The second-order valence-corrected chi connectivity index (χ2v) is 7.52. The number of carbonyl (C=O) groups is 2. The van der Waals surface area contributed by atoms with Gasteiger partial charge in [-0.3, -0.25) is 14.5 Å². The van der Waals surface area contributed by atoms with Gasteiger partial charge >= 0.3 is 0 Å². The van der Waals surface area contributed by atoms with Crippen LogP contribution in [0, 0.1) is 5.82 Å². The van der Waals surface area contributed by atoms with E-state index in [0.29, 0.717) is 28.8 Å². The van der Waals surface area contributed by atoms with Gasteiger partial charge in [-0.05, 0) is 81.5 Å². The van der Waals surface area contributed by atoms with Crippen LogP contribution in [0.2, 0.25) is 0 Å². The zero-order valence-corrected chi connectivity index (χ0v) is 17.9. The van der Waals surface area contributed by atoms with Crippen molar-refractivity contribution in [2.24, 2.45) is 0 Å². The van der Waals surface area contributed by atoms with Gasteiger partial charge in [-0.15, -0.1) is 0 Å². The molecule has 6 nitrogen and oxygen atoms in total. The Morgan fingerprint density at radius 3 is 2.37 bits per heavy atom. The van der Waals surface area contributed by atoms with Gasteiger partial charge in [0.05, 0.1) is 18.7 Å². The van der Waals surface area contributed by atoms with E-state index >= 15 is 0 Å². The molecule has 2 aromatic carbocycles. The quantitative estimate of drug-likeness (QED) is 0.675. The van der Waals surface area contributed by atoms with E-state index in [9.17, 15) is 14.0 Å². The summed E-state index contributed by atoms with van der Waals surface area (Å²) in [7, 11) is 0. The number of thiocarbonyl (C=S) groups is 1. The Bertz CT molecular complexity index is 932. The molecule has 1 atom stereocenters. The summed E-state index contributed by atoms with van der Waals surface area (Å²) in [5, 5.41) is 3.12. The van der Waals surface area contributed by atoms with Crippen molar-refractivity contribution in [3.8, 4) is 5.75 Å². The third-order valence-corrected chi connectivity index (χ3v) is 5.12. The van der Waals surface area contributed by atoms with E-state index in [1.165, 1.54) is 29.2 Å². The van der Waals surface area contributed by atoms with Gasteiger partial charge in [-0.25, -0.2) is 4.39 Å². The van der Waals surface area contributed by atoms with Crippen LogP contribution in [0.3, 0.4) is 0 Å². The van der Waals surface area contributed by atoms with Crippen LogP contribution in [0.25, 0.3) is 0 Å². The van der Waals surface area contributed by atoms with Crippen LogP contribution in [-0.4, -0.2) is 40.5 Å². The van der Waals surface area contributed by atoms with E-state index in [1.54, 1.807) is 29.2 Å². The monoisotopic (exact) mass is 429 g/mol. The Morgan fingerprint density at radius 2 is 1.80 bits per heavy atom. The molecule has 1 heterocycles. The predicted molar refractivity (Wildman–Crippen MR) is 118 cm³/mol. The summed E-state index contributed by atoms with van der Waals surface area (Å²) in [6.07, 6.45) is -0.0535. The first-order valence-electron chi connectivity index (χ1n) is 9.76. The fourth-order valence-corrected chi connectivity index (χ4v) is 3.93. The molecule has 3 rings (SSSR count). The van der Waals surface area contributed by atoms with Crippen LogP contribution in [0.4, 0.5) is 15.8 Å². The van der Waals surface area contributed by atoms with Crippen molar-refractivity contribution < 1.29 is 18.7 Å². The van der Waals surface area contributed by atoms with Crippen molar-refractivity contribution in [1.29, 1.82) is 0 Å². The summed E-state index contributed by atoms with van der Waals surface area (Å²) < 4.78 is 18.7. The average molecular weight is 430 g/mol. The molecule has 0 aliphatic carbocycles. The van der Waals surface area contributed by atoms with Gasteiger partial charge in [0.2, 0.25) is 5.91 Å². The smallest absolute Gasteiger partial charge is 0.256 e. The lowest BCUT2D eigenvalue weighted by Gasteiger charge is -2.27. The minimum absolute atomic E-state index is 0.0535. The highest BCUT2D eigenvalue weighted by molar-refractivity contribution is 7.80. The second-order valence-electron chi connectivity index (χ2n) is 7.16. The minimum Gasteiger partial charge on any atom is -0.494 e.